The van der Waals surface area contributed by atoms with Gasteiger partial charge >= 0.3 is 0 Å². The highest BCUT2D eigenvalue weighted by atomic mass is 35.5. The number of hydrogen-bond donors (Lipinski definition) is 1. The number of nitrogens with zero attached hydrogens (tertiary/aromatic N) is 1. The molecule has 1 aliphatic rings. The van der Waals surface area contributed by atoms with Crippen molar-refractivity contribution in [3.05, 3.63) is 34.9 Å². The van der Waals surface area contributed by atoms with Crippen LogP contribution >= 0.6 is 11.6 Å². The third-order valence-corrected chi connectivity index (χ3v) is 3.70. The lowest BCUT2D eigenvalue weighted by atomic mass is 10.1. The molecule has 1 aromatic rings. The Balaban J connectivity index is 2.18. The first-order valence-corrected chi connectivity index (χ1v) is 6.80. The summed E-state index contributed by atoms with van der Waals surface area (Å²) in [5, 5.41) is 0.662. The molecule has 0 saturated carbocycles. The minimum atomic E-state index is -0.493. The molecule has 1 amide bonds. The van der Waals surface area contributed by atoms with Gasteiger partial charge in [-0.2, -0.15) is 0 Å². The van der Waals surface area contributed by atoms with Crippen LogP contribution in [0.15, 0.2) is 24.3 Å². The maximum Gasteiger partial charge on any atom is 0.239 e. The monoisotopic (exact) mass is 282 g/mol. The number of carbonyl (C=O) groups excluding carboxylic acids is 1. The fraction of sp³-hybridized carbons (Fsp3) is 0.500. The van der Waals surface area contributed by atoms with Crippen molar-refractivity contribution >= 4 is 17.5 Å². The molecule has 1 aromatic carbocycles. The van der Waals surface area contributed by atoms with Crippen LogP contribution in [0.1, 0.15) is 25.5 Å². The number of hydrogen-bond acceptors (Lipinski definition) is 3. The maximum absolute atomic E-state index is 12.1. The van der Waals surface area contributed by atoms with Crippen molar-refractivity contribution in [1.82, 2.24) is 4.90 Å². The zero-order chi connectivity index (χ0) is 14.0. The van der Waals surface area contributed by atoms with Crippen LogP contribution < -0.4 is 5.73 Å². The number of halogens is 1. The van der Waals surface area contributed by atoms with Gasteiger partial charge in [-0.15, -0.1) is 0 Å². The van der Waals surface area contributed by atoms with E-state index in [-0.39, 0.29) is 18.1 Å². The largest absolute Gasteiger partial charge is 0.369 e. The highest BCUT2D eigenvalue weighted by Crippen LogP contribution is 2.30. The molecule has 19 heavy (non-hydrogen) atoms. The quantitative estimate of drug-likeness (QED) is 0.902. The summed E-state index contributed by atoms with van der Waals surface area (Å²) in [7, 11) is 0. The molecule has 3 atom stereocenters. The molecular formula is C14H19ClN2O2. The Labute approximate surface area is 118 Å². The first-order valence-electron chi connectivity index (χ1n) is 6.42. The van der Waals surface area contributed by atoms with Crippen LogP contribution in [-0.2, 0) is 9.53 Å². The van der Waals surface area contributed by atoms with Gasteiger partial charge in [-0.3, -0.25) is 4.79 Å². The van der Waals surface area contributed by atoms with Gasteiger partial charge in [0.05, 0.1) is 25.2 Å². The number of rotatable bonds is 2. The van der Waals surface area contributed by atoms with E-state index in [1.807, 2.05) is 31.2 Å². The predicted molar refractivity (Wildman–Crippen MR) is 75.0 cm³/mol. The molecule has 2 rings (SSSR count). The third-order valence-electron chi connectivity index (χ3n) is 3.36. The van der Waals surface area contributed by atoms with Crippen LogP contribution in [0.2, 0.25) is 5.02 Å². The number of benzene rings is 1. The molecule has 1 aliphatic heterocycles. The standard InChI is InChI=1S/C14H19ClN2O2/c1-9-8-19-13(7-17(9)14(18)10(2)16)11-5-3-4-6-12(11)15/h3-6,9-10,13H,7-8,16H2,1-2H3/t9-,10-,13-/m0/s1. The molecule has 2 N–H and O–H groups in total. The Morgan fingerprint density at radius 3 is 2.84 bits per heavy atom. The van der Waals surface area contributed by atoms with Gasteiger partial charge in [0, 0.05) is 10.6 Å². The van der Waals surface area contributed by atoms with Crippen molar-refractivity contribution in [3.8, 4) is 0 Å². The average molecular weight is 283 g/mol. The van der Waals surface area contributed by atoms with Crippen molar-refractivity contribution in [2.45, 2.75) is 32.0 Å². The molecule has 0 aromatic heterocycles. The molecule has 1 heterocycles. The van der Waals surface area contributed by atoms with Crippen LogP contribution in [-0.4, -0.2) is 36.0 Å². The molecule has 0 aliphatic carbocycles. The second-order valence-corrected chi connectivity index (χ2v) is 5.38. The molecule has 5 heteroatoms. The van der Waals surface area contributed by atoms with Gasteiger partial charge in [0.25, 0.3) is 0 Å². The first kappa shape index (κ1) is 14.3. The summed E-state index contributed by atoms with van der Waals surface area (Å²) in [4.78, 5) is 13.9. The van der Waals surface area contributed by atoms with Crippen molar-refractivity contribution in [2.24, 2.45) is 5.73 Å². The van der Waals surface area contributed by atoms with E-state index in [9.17, 15) is 4.79 Å². The fourth-order valence-electron chi connectivity index (χ4n) is 2.25. The summed E-state index contributed by atoms with van der Waals surface area (Å²) in [6.45, 7) is 4.65. The zero-order valence-corrected chi connectivity index (χ0v) is 11.9. The van der Waals surface area contributed by atoms with Gasteiger partial charge in [-0.1, -0.05) is 29.8 Å². The van der Waals surface area contributed by atoms with E-state index in [4.69, 9.17) is 22.1 Å². The summed E-state index contributed by atoms with van der Waals surface area (Å²) in [6.07, 6.45) is -0.187. The van der Waals surface area contributed by atoms with Crippen LogP contribution in [0.3, 0.4) is 0 Å². The maximum atomic E-state index is 12.1. The predicted octanol–water partition coefficient (Wildman–Crippen LogP) is 1.98. The lowest BCUT2D eigenvalue weighted by Crippen LogP contribution is -2.52. The van der Waals surface area contributed by atoms with Gasteiger partial charge in [0.1, 0.15) is 6.10 Å². The Morgan fingerprint density at radius 1 is 1.53 bits per heavy atom. The highest BCUT2D eigenvalue weighted by Gasteiger charge is 2.32. The lowest BCUT2D eigenvalue weighted by Gasteiger charge is -2.39. The Bertz CT molecular complexity index is 465. The minimum absolute atomic E-state index is 0.0391. The van der Waals surface area contributed by atoms with Gasteiger partial charge in [0.2, 0.25) is 5.91 Å². The number of ether oxygens (including phenoxy) is 1. The van der Waals surface area contributed by atoms with Gasteiger partial charge < -0.3 is 15.4 Å². The van der Waals surface area contributed by atoms with Crippen molar-refractivity contribution in [1.29, 1.82) is 0 Å². The second-order valence-electron chi connectivity index (χ2n) is 4.97. The number of amides is 1. The molecule has 0 unspecified atom stereocenters. The average Bonchev–Trinajstić information content (AvgIpc) is 2.39. The van der Waals surface area contributed by atoms with Gasteiger partial charge in [0.15, 0.2) is 0 Å². The van der Waals surface area contributed by atoms with Crippen molar-refractivity contribution in [3.63, 3.8) is 0 Å². The smallest absolute Gasteiger partial charge is 0.239 e. The first-order chi connectivity index (χ1) is 9.00. The fourth-order valence-corrected chi connectivity index (χ4v) is 2.51. The molecule has 4 nitrogen and oxygen atoms in total. The van der Waals surface area contributed by atoms with E-state index >= 15 is 0 Å². The van der Waals surface area contributed by atoms with Crippen LogP contribution in [0, 0.1) is 0 Å². The van der Waals surface area contributed by atoms with Crippen LogP contribution in [0.5, 0.6) is 0 Å². The van der Waals surface area contributed by atoms with E-state index in [1.54, 1.807) is 11.8 Å². The van der Waals surface area contributed by atoms with Crippen molar-refractivity contribution in [2.75, 3.05) is 13.2 Å². The van der Waals surface area contributed by atoms with E-state index < -0.39 is 6.04 Å². The topological polar surface area (TPSA) is 55.6 Å². The zero-order valence-electron chi connectivity index (χ0n) is 11.2. The van der Waals surface area contributed by atoms with E-state index in [2.05, 4.69) is 0 Å². The Kier molecular flexibility index (Phi) is 4.45. The summed E-state index contributed by atoms with van der Waals surface area (Å²) < 4.78 is 5.80. The van der Waals surface area contributed by atoms with E-state index in [0.29, 0.717) is 18.2 Å². The molecule has 1 fully saturated rings. The summed E-state index contributed by atoms with van der Waals surface area (Å²) in [5.41, 5.74) is 6.60. The summed E-state index contributed by atoms with van der Waals surface area (Å²) >= 11 is 6.18. The lowest BCUT2D eigenvalue weighted by molar-refractivity contribution is -0.145. The van der Waals surface area contributed by atoms with Crippen LogP contribution in [0.4, 0.5) is 0 Å². The molecule has 0 spiro atoms. The van der Waals surface area contributed by atoms with Crippen molar-refractivity contribution < 1.29 is 9.53 Å². The van der Waals surface area contributed by atoms with Crippen LogP contribution in [0.25, 0.3) is 0 Å². The van der Waals surface area contributed by atoms with E-state index in [1.165, 1.54) is 0 Å². The molecule has 104 valence electrons. The molecule has 0 radical (unpaired) electrons. The Hall–Kier alpha value is -1.10. The van der Waals surface area contributed by atoms with Gasteiger partial charge in [-0.25, -0.2) is 0 Å². The van der Waals surface area contributed by atoms with Gasteiger partial charge in [-0.05, 0) is 19.9 Å². The normalized spacial score (nSPS) is 25.2. The number of morpholine rings is 1. The molecule has 1 saturated heterocycles. The summed E-state index contributed by atoms with van der Waals surface area (Å²) in [6, 6.07) is 7.10. The molecule has 0 bridgehead atoms. The minimum Gasteiger partial charge on any atom is -0.369 e. The number of nitrogens with two attached hydrogens (primary N) is 1. The Morgan fingerprint density at radius 2 is 2.21 bits per heavy atom. The second kappa shape index (κ2) is 5.90. The highest BCUT2D eigenvalue weighted by molar-refractivity contribution is 6.31. The SMILES string of the molecule is C[C@H](N)C(=O)N1C[C@@H](c2ccccc2Cl)OC[C@@H]1C. The molecular weight excluding hydrogens is 264 g/mol. The summed E-state index contributed by atoms with van der Waals surface area (Å²) in [5.74, 6) is -0.0483. The third kappa shape index (κ3) is 3.08. The van der Waals surface area contributed by atoms with E-state index in [0.717, 1.165) is 5.56 Å². The number of carbonyl (C=O) groups is 1.